The number of aryl methyl sites for hydroxylation is 1. The van der Waals surface area contributed by atoms with Crippen LogP contribution in [0.4, 0.5) is 0 Å². The predicted molar refractivity (Wildman–Crippen MR) is 77.1 cm³/mol. The average Bonchev–Trinajstić information content (AvgIpc) is 3.25. The van der Waals surface area contributed by atoms with Gasteiger partial charge in [0.05, 0.1) is 17.3 Å². The summed E-state index contributed by atoms with van der Waals surface area (Å²) in [5.41, 5.74) is 2.67. The Balaban J connectivity index is 1.80. The van der Waals surface area contributed by atoms with E-state index in [1.54, 1.807) is 16.7 Å². The molecule has 0 atom stereocenters. The second-order valence-corrected chi connectivity index (χ2v) is 4.73. The molecule has 0 unspecified atom stereocenters. The van der Waals surface area contributed by atoms with Crippen LogP contribution in [0.2, 0.25) is 0 Å². The van der Waals surface area contributed by atoms with Gasteiger partial charge < -0.3 is 13.4 Å². The first-order valence-electron chi connectivity index (χ1n) is 6.76. The van der Waals surface area contributed by atoms with Gasteiger partial charge >= 0.3 is 5.76 Å². The second kappa shape index (κ2) is 4.73. The Bertz CT molecular complexity index is 992. The number of oxazole rings is 1. The summed E-state index contributed by atoms with van der Waals surface area (Å²) in [7, 11) is 0. The van der Waals surface area contributed by atoms with E-state index in [0.29, 0.717) is 35.0 Å². The topological polar surface area (TPSA) is 87.2 Å². The van der Waals surface area contributed by atoms with Crippen LogP contribution in [0.5, 0.6) is 0 Å². The Morgan fingerprint density at radius 1 is 1.23 bits per heavy atom. The van der Waals surface area contributed by atoms with E-state index in [4.69, 9.17) is 13.4 Å². The number of nitrogens with zero attached hydrogens (tertiary/aromatic N) is 3. The molecule has 7 heteroatoms. The third-order valence-electron chi connectivity index (χ3n) is 3.44. The standard InChI is InChI=1S/C15H11N3O4/c1-2-18-11-4-3-9(7-12(11)21-15(18)19)13-16-14(22-17-13)10-5-6-20-8-10/h3-8H,2H2,1H3. The molecule has 0 N–H and O–H groups in total. The van der Waals surface area contributed by atoms with Crippen molar-refractivity contribution >= 4 is 11.1 Å². The van der Waals surface area contributed by atoms with Gasteiger partial charge in [-0.3, -0.25) is 4.57 Å². The number of rotatable bonds is 3. The van der Waals surface area contributed by atoms with Gasteiger partial charge in [0.15, 0.2) is 5.58 Å². The highest BCUT2D eigenvalue weighted by Gasteiger charge is 2.14. The Kier molecular flexibility index (Phi) is 2.72. The van der Waals surface area contributed by atoms with Gasteiger partial charge in [-0.25, -0.2) is 4.79 Å². The van der Waals surface area contributed by atoms with E-state index in [9.17, 15) is 4.79 Å². The first-order valence-corrected chi connectivity index (χ1v) is 6.76. The number of benzene rings is 1. The van der Waals surface area contributed by atoms with Crippen molar-refractivity contribution in [2.75, 3.05) is 0 Å². The molecule has 0 fully saturated rings. The molecular formula is C15H11N3O4. The van der Waals surface area contributed by atoms with E-state index in [2.05, 4.69) is 10.1 Å². The summed E-state index contributed by atoms with van der Waals surface area (Å²) in [5.74, 6) is 0.420. The molecule has 4 aromatic rings. The smallest absolute Gasteiger partial charge is 0.419 e. The lowest BCUT2D eigenvalue weighted by Crippen LogP contribution is -2.11. The van der Waals surface area contributed by atoms with Crippen LogP contribution < -0.4 is 5.76 Å². The van der Waals surface area contributed by atoms with Crippen LogP contribution in [0.25, 0.3) is 33.9 Å². The van der Waals surface area contributed by atoms with Crippen molar-refractivity contribution in [1.29, 1.82) is 0 Å². The van der Waals surface area contributed by atoms with Crippen molar-refractivity contribution in [3.8, 4) is 22.8 Å². The fraction of sp³-hybridized carbons (Fsp3) is 0.133. The summed E-state index contributed by atoms with van der Waals surface area (Å²) in [4.78, 5) is 16.0. The zero-order valence-electron chi connectivity index (χ0n) is 11.6. The normalized spacial score (nSPS) is 11.3. The van der Waals surface area contributed by atoms with Gasteiger partial charge in [0.25, 0.3) is 5.89 Å². The Hall–Kier alpha value is -3.09. The second-order valence-electron chi connectivity index (χ2n) is 4.73. The third kappa shape index (κ3) is 1.86. The van der Waals surface area contributed by atoms with Crippen molar-refractivity contribution in [2.24, 2.45) is 0 Å². The lowest BCUT2D eigenvalue weighted by atomic mass is 10.2. The van der Waals surface area contributed by atoms with Crippen molar-refractivity contribution in [3.63, 3.8) is 0 Å². The number of furan rings is 1. The highest BCUT2D eigenvalue weighted by atomic mass is 16.5. The zero-order valence-corrected chi connectivity index (χ0v) is 11.6. The van der Waals surface area contributed by atoms with Crippen LogP contribution in [-0.4, -0.2) is 14.7 Å². The molecule has 0 aliphatic rings. The Morgan fingerprint density at radius 3 is 2.91 bits per heavy atom. The summed E-state index contributed by atoms with van der Waals surface area (Å²) >= 11 is 0. The fourth-order valence-corrected chi connectivity index (χ4v) is 2.35. The summed E-state index contributed by atoms with van der Waals surface area (Å²) in [6.45, 7) is 2.44. The first-order chi connectivity index (χ1) is 10.8. The molecule has 0 aliphatic carbocycles. The number of hydrogen-bond donors (Lipinski definition) is 0. The van der Waals surface area contributed by atoms with Crippen molar-refractivity contribution in [2.45, 2.75) is 13.5 Å². The molecule has 0 spiro atoms. The van der Waals surface area contributed by atoms with Gasteiger partial charge in [0, 0.05) is 12.1 Å². The maximum Gasteiger partial charge on any atom is 0.419 e. The molecule has 3 aromatic heterocycles. The molecule has 0 amide bonds. The number of fused-ring (bicyclic) bond motifs is 1. The van der Waals surface area contributed by atoms with Gasteiger partial charge in [0.2, 0.25) is 5.82 Å². The van der Waals surface area contributed by atoms with E-state index in [1.807, 2.05) is 19.1 Å². The van der Waals surface area contributed by atoms with E-state index in [1.165, 1.54) is 12.5 Å². The lowest BCUT2D eigenvalue weighted by Gasteiger charge is -1.97. The van der Waals surface area contributed by atoms with Crippen LogP contribution >= 0.6 is 0 Å². The summed E-state index contributed by atoms with van der Waals surface area (Å²) in [6.07, 6.45) is 3.06. The average molecular weight is 297 g/mol. The van der Waals surface area contributed by atoms with E-state index >= 15 is 0 Å². The highest BCUT2D eigenvalue weighted by Crippen LogP contribution is 2.25. The zero-order chi connectivity index (χ0) is 15.1. The minimum atomic E-state index is -0.373. The molecule has 3 heterocycles. The van der Waals surface area contributed by atoms with Gasteiger partial charge in [0.1, 0.15) is 6.26 Å². The Labute approximate surface area is 123 Å². The molecule has 7 nitrogen and oxygen atoms in total. The molecule has 4 rings (SSSR count). The summed E-state index contributed by atoms with van der Waals surface area (Å²) in [6, 6.07) is 7.11. The molecule has 0 bridgehead atoms. The van der Waals surface area contributed by atoms with Crippen LogP contribution in [-0.2, 0) is 6.54 Å². The molecule has 22 heavy (non-hydrogen) atoms. The van der Waals surface area contributed by atoms with Crippen molar-refractivity contribution < 1.29 is 13.4 Å². The van der Waals surface area contributed by atoms with Crippen LogP contribution in [0, 0.1) is 0 Å². The monoisotopic (exact) mass is 297 g/mol. The maximum atomic E-state index is 11.7. The first kappa shape index (κ1) is 12.6. The molecule has 0 radical (unpaired) electrons. The largest absolute Gasteiger partial charge is 0.472 e. The van der Waals surface area contributed by atoms with Crippen LogP contribution in [0.1, 0.15) is 6.92 Å². The summed E-state index contributed by atoms with van der Waals surface area (Å²) < 4.78 is 17.0. The third-order valence-corrected chi connectivity index (χ3v) is 3.44. The predicted octanol–water partition coefficient (Wildman–Crippen LogP) is 2.92. The van der Waals surface area contributed by atoms with Crippen molar-refractivity contribution in [1.82, 2.24) is 14.7 Å². The van der Waals surface area contributed by atoms with E-state index in [-0.39, 0.29) is 5.76 Å². The van der Waals surface area contributed by atoms with Gasteiger partial charge in [-0.15, -0.1) is 0 Å². The lowest BCUT2D eigenvalue weighted by molar-refractivity contribution is 0.431. The minimum absolute atomic E-state index is 0.372. The number of hydrogen-bond acceptors (Lipinski definition) is 6. The number of aromatic nitrogens is 3. The Morgan fingerprint density at radius 2 is 2.14 bits per heavy atom. The molecule has 0 aliphatic heterocycles. The van der Waals surface area contributed by atoms with Gasteiger partial charge in [-0.05, 0) is 31.2 Å². The molecule has 1 aromatic carbocycles. The molecule has 0 saturated carbocycles. The van der Waals surface area contributed by atoms with Crippen LogP contribution in [0.3, 0.4) is 0 Å². The quantitative estimate of drug-likeness (QED) is 0.577. The molecule has 110 valence electrons. The maximum absolute atomic E-state index is 11.7. The van der Waals surface area contributed by atoms with E-state index in [0.717, 1.165) is 5.52 Å². The molecular weight excluding hydrogens is 286 g/mol. The summed E-state index contributed by atoms with van der Waals surface area (Å²) in [5, 5.41) is 3.94. The SMILES string of the molecule is CCn1c(=O)oc2cc(-c3noc(-c4ccoc4)n3)ccc21. The highest BCUT2D eigenvalue weighted by molar-refractivity contribution is 5.79. The minimum Gasteiger partial charge on any atom is -0.472 e. The van der Waals surface area contributed by atoms with Gasteiger partial charge in [-0.2, -0.15) is 4.98 Å². The fourth-order valence-electron chi connectivity index (χ4n) is 2.35. The van der Waals surface area contributed by atoms with Crippen LogP contribution in [0.15, 0.2) is 54.9 Å². The van der Waals surface area contributed by atoms with E-state index < -0.39 is 0 Å². The van der Waals surface area contributed by atoms with Crippen molar-refractivity contribution in [3.05, 3.63) is 47.3 Å². The van der Waals surface area contributed by atoms with Gasteiger partial charge in [-0.1, -0.05) is 5.16 Å². The molecule has 0 saturated heterocycles.